The molecule has 0 bridgehead atoms. The third-order valence-electron chi connectivity index (χ3n) is 7.42. The maximum absolute atomic E-state index is 12.9. The zero-order valence-corrected chi connectivity index (χ0v) is 27.0. The van der Waals surface area contributed by atoms with Crippen LogP contribution in [0.5, 0.6) is 5.75 Å². The number of esters is 1. The number of ether oxygens (including phenoxy) is 2. The number of amides is 1. The second-order valence-corrected chi connectivity index (χ2v) is 11.0. The quantitative estimate of drug-likeness (QED) is 0.0924. The number of aromatic nitrogens is 2. The number of nitrogens with two attached hydrogens (primary N) is 1. The molecule has 0 fully saturated rings. The molecule has 3 aromatic rings. The van der Waals surface area contributed by atoms with Gasteiger partial charge in [-0.05, 0) is 48.6 Å². The first kappa shape index (κ1) is 35.9. The van der Waals surface area contributed by atoms with Crippen LogP contribution < -0.4 is 15.8 Å². The zero-order chi connectivity index (χ0) is 33.3. The van der Waals surface area contributed by atoms with Gasteiger partial charge in [0, 0.05) is 23.5 Å². The van der Waals surface area contributed by atoms with E-state index in [9.17, 15) is 14.7 Å². The number of aliphatic hydroxyl groups is 1. The van der Waals surface area contributed by atoms with E-state index in [1.54, 1.807) is 36.7 Å². The van der Waals surface area contributed by atoms with Crippen LogP contribution in [0.2, 0.25) is 0 Å². The summed E-state index contributed by atoms with van der Waals surface area (Å²) in [6, 6.07) is 13.1. The van der Waals surface area contributed by atoms with Crippen molar-refractivity contribution in [1.29, 1.82) is 0 Å². The number of methoxy groups -OCH3 is 1. The van der Waals surface area contributed by atoms with Gasteiger partial charge in [0.25, 0.3) is 0 Å². The van der Waals surface area contributed by atoms with Crippen molar-refractivity contribution < 1.29 is 24.2 Å². The Kier molecular flexibility index (Phi) is 14.8. The number of benzene rings is 2. The van der Waals surface area contributed by atoms with E-state index in [1.165, 1.54) is 32.8 Å². The van der Waals surface area contributed by atoms with E-state index in [2.05, 4.69) is 28.8 Å². The number of unbranched alkanes of at least 4 members (excludes halogenated alkanes) is 4. The number of nitrogens with one attached hydrogen (secondary N) is 1. The first-order chi connectivity index (χ1) is 22.3. The fourth-order valence-corrected chi connectivity index (χ4v) is 4.66. The number of aliphatic hydroxyl groups excluding tert-OH is 1. The van der Waals surface area contributed by atoms with E-state index < -0.39 is 30.1 Å². The van der Waals surface area contributed by atoms with Crippen molar-refractivity contribution >= 4 is 11.9 Å². The molecule has 0 saturated carbocycles. The molecule has 2 unspecified atom stereocenters. The summed E-state index contributed by atoms with van der Waals surface area (Å²) in [5.41, 5.74) is 9.92. The van der Waals surface area contributed by atoms with Crippen LogP contribution in [-0.2, 0) is 20.7 Å². The Labute approximate surface area is 272 Å². The van der Waals surface area contributed by atoms with Gasteiger partial charge in [-0.25, -0.2) is 14.8 Å². The van der Waals surface area contributed by atoms with Crippen molar-refractivity contribution in [3.05, 3.63) is 103 Å². The first-order valence-electron chi connectivity index (χ1n) is 15.7. The Bertz CT molecular complexity index is 1450. The third kappa shape index (κ3) is 11.1. The number of carbonyl (C=O) groups is 2. The lowest BCUT2D eigenvalue weighted by atomic mass is 10.0. The predicted molar refractivity (Wildman–Crippen MR) is 182 cm³/mol. The Hall–Kier alpha value is -4.60. The van der Waals surface area contributed by atoms with Crippen LogP contribution in [0, 0.1) is 0 Å². The molecule has 0 aliphatic heterocycles. The maximum Gasteiger partial charge on any atom is 0.331 e. The second-order valence-electron chi connectivity index (χ2n) is 11.0. The number of rotatable bonds is 18. The molecule has 3 atom stereocenters. The SMILES string of the molecule is C=C(/C=C\C=C/C)C(O)C(NC(=O)[C@@H](N)Cc1ccc(-c2ncc(-c3ccc(OCCCCCCC)cc3)cn2)cc1)C(=O)OC. The number of hydrogen-bond donors (Lipinski definition) is 3. The summed E-state index contributed by atoms with van der Waals surface area (Å²) in [5, 5.41) is 13.1. The highest BCUT2D eigenvalue weighted by molar-refractivity contribution is 5.88. The molecular weight excluding hydrogens is 580 g/mol. The average molecular weight is 627 g/mol. The highest BCUT2D eigenvalue weighted by Gasteiger charge is 2.32. The normalized spacial score (nSPS) is 13.3. The van der Waals surface area contributed by atoms with Gasteiger partial charge in [-0.2, -0.15) is 0 Å². The van der Waals surface area contributed by atoms with E-state index in [-0.39, 0.29) is 12.0 Å². The van der Waals surface area contributed by atoms with Crippen molar-refractivity contribution in [2.75, 3.05) is 13.7 Å². The zero-order valence-electron chi connectivity index (χ0n) is 27.0. The van der Waals surface area contributed by atoms with Crippen LogP contribution >= 0.6 is 0 Å². The third-order valence-corrected chi connectivity index (χ3v) is 7.42. The van der Waals surface area contributed by atoms with Crippen molar-refractivity contribution in [3.8, 4) is 28.3 Å². The molecule has 1 heterocycles. The molecule has 0 saturated heterocycles. The summed E-state index contributed by atoms with van der Waals surface area (Å²) in [4.78, 5) is 34.3. The molecule has 0 radical (unpaired) electrons. The van der Waals surface area contributed by atoms with Gasteiger partial charge in [0.15, 0.2) is 11.9 Å². The predicted octanol–water partition coefficient (Wildman–Crippen LogP) is 5.74. The summed E-state index contributed by atoms with van der Waals surface area (Å²) in [7, 11) is 1.18. The molecule has 0 aliphatic rings. The fraction of sp³-hybridized carbons (Fsp3) is 0.351. The minimum atomic E-state index is -1.39. The highest BCUT2D eigenvalue weighted by Crippen LogP contribution is 2.24. The lowest BCUT2D eigenvalue weighted by Gasteiger charge is -2.24. The van der Waals surface area contributed by atoms with Crippen molar-refractivity contribution in [3.63, 3.8) is 0 Å². The smallest absolute Gasteiger partial charge is 0.331 e. The van der Waals surface area contributed by atoms with E-state index in [1.807, 2.05) is 55.5 Å². The van der Waals surface area contributed by atoms with Gasteiger partial charge in [0.1, 0.15) is 11.9 Å². The largest absolute Gasteiger partial charge is 0.494 e. The molecule has 0 spiro atoms. The molecule has 4 N–H and O–H groups in total. The molecule has 3 rings (SSSR count). The number of carbonyl (C=O) groups excluding carboxylic acids is 2. The van der Waals surface area contributed by atoms with Gasteiger partial charge < -0.3 is 25.6 Å². The standard InChI is InChI=1S/C37H46N4O5/c1-5-7-9-10-12-22-46-31-20-18-28(19-21-31)30-24-39-35(40-25-30)29-16-14-27(15-17-29)23-32(38)36(43)41-33(37(44)45-4)34(42)26(3)13-11-8-6-2/h6,8,11,13-21,24-25,32-34,42H,3,5,7,9-10,12,22-23,38H2,1-2,4H3,(H,41,43)/b8-6-,13-11-/t32-,33?,34?/m0/s1. The lowest BCUT2D eigenvalue weighted by molar-refractivity contribution is -0.147. The minimum absolute atomic E-state index is 0.205. The fourth-order valence-electron chi connectivity index (χ4n) is 4.66. The topological polar surface area (TPSA) is 137 Å². The van der Waals surface area contributed by atoms with Gasteiger partial charge in [-0.3, -0.25) is 4.79 Å². The molecule has 244 valence electrons. The van der Waals surface area contributed by atoms with Crippen LogP contribution in [0.3, 0.4) is 0 Å². The Balaban J connectivity index is 1.55. The minimum Gasteiger partial charge on any atom is -0.494 e. The molecule has 1 amide bonds. The highest BCUT2D eigenvalue weighted by atomic mass is 16.5. The maximum atomic E-state index is 12.9. The Morgan fingerprint density at radius 1 is 0.957 bits per heavy atom. The molecule has 2 aromatic carbocycles. The Morgan fingerprint density at radius 2 is 1.61 bits per heavy atom. The lowest BCUT2D eigenvalue weighted by Crippen LogP contribution is -2.54. The Morgan fingerprint density at radius 3 is 2.24 bits per heavy atom. The van der Waals surface area contributed by atoms with Gasteiger partial charge in [0.2, 0.25) is 5.91 Å². The average Bonchev–Trinajstić information content (AvgIpc) is 3.08. The van der Waals surface area contributed by atoms with Crippen LogP contribution in [0.25, 0.3) is 22.5 Å². The van der Waals surface area contributed by atoms with Crippen molar-refractivity contribution in [1.82, 2.24) is 15.3 Å². The van der Waals surface area contributed by atoms with E-state index in [4.69, 9.17) is 15.2 Å². The van der Waals surface area contributed by atoms with Crippen molar-refractivity contribution in [2.24, 2.45) is 5.73 Å². The van der Waals surface area contributed by atoms with Crippen LogP contribution in [0.1, 0.15) is 51.5 Å². The molecule has 0 aliphatic carbocycles. The van der Waals surface area contributed by atoms with E-state index in [0.717, 1.165) is 41.0 Å². The van der Waals surface area contributed by atoms with Gasteiger partial charge >= 0.3 is 5.97 Å². The summed E-state index contributed by atoms with van der Waals surface area (Å²) in [5.74, 6) is 0.0103. The number of hydrogen-bond acceptors (Lipinski definition) is 8. The molecule has 9 heteroatoms. The summed E-state index contributed by atoms with van der Waals surface area (Å²) >= 11 is 0. The van der Waals surface area contributed by atoms with Gasteiger partial charge in [-0.15, -0.1) is 0 Å². The van der Waals surface area contributed by atoms with Crippen LogP contribution in [-0.4, -0.2) is 58.9 Å². The van der Waals surface area contributed by atoms with E-state index in [0.29, 0.717) is 5.82 Å². The second kappa shape index (κ2) is 19.0. The monoisotopic (exact) mass is 626 g/mol. The van der Waals surface area contributed by atoms with Gasteiger partial charge in [-0.1, -0.05) is 99.9 Å². The van der Waals surface area contributed by atoms with Crippen molar-refractivity contribution in [2.45, 2.75) is 70.6 Å². The molecule has 46 heavy (non-hydrogen) atoms. The molecule has 9 nitrogen and oxygen atoms in total. The number of nitrogens with zero attached hydrogens (tertiary/aromatic N) is 2. The van der Waals surface area contributed by atoms with E-state index >= 15 is 0 Å². The summed E-state index contributed by atoms with van der Waals surface area (Å²) < 4.78 is 10.6. The molecule has 1 aromatic heterocycles. The summed E-state index contributed by atoms with van der Waals surface area (Å²) in [6.07, 6.45) is 15.2. The summed E-state index contributed by atoms with van der Waals surface area (Å²) in [6.45, 7) is 8.56. The first-order valence-corrected chi connectivity index (χ1v) is 15.7. The van der Waals surface area contributed by atoms with Crippen LogP contribution in [0.15, 0.2) is 97.4 Å². The number of allylic oxidation sites excluding steroid dienone is 3. The van der Waals surface area contributed by atoms with Crippen LogP contribution in [0.4, 0.5) is 0 Å². The molecular formula is C37H46N4O5. The van der Waals surface area contributed by atoms with Gasteiger partial charge in [0.05, 0.1) is 19.8 Å².